The molecule has 144 valence electrons. The van der Waals surface area contributed by atoms with E-state index >= 15 is 0 Å². The third-order valence-electron chi connectivity index (χ3n) is 4.99. The molecular weight excluding hydrogens is 353 g/mol. The number of carbonyl (C=O) groups excluding carboxylic acids is 1. The Kier molecular flexibility index (Phi) is 5.85. The van der Waals surface area contributed by atoms with Gasteiger partial charge in [0.1, 0.15) is 0 Å². The predicted molar refractivity (Wildman–Crippen MR) is 98.4 cm³/mol. The zero-order valence-electron chi connectivity index (χ0n) is 15.3. The SMILES string of the molecule is Cc1ccccc1CN1CCCN(C(=O)c2ccccc2C(F)(F)F)CC1. The van der Waals surface area contributed by atoms with Crippen molar-refractivity contribution in [1.82, 2.24) is 9.80 Å². The van der Waals surface area contributed by atoms with Crippen LogP contribution >= 0.6 is 0 Å². The summed E-state index contributed by atoms with van der Waals surface area (Å²) >= 11 is 0. The highest BCUT2D eigenvalue weighted by Crippen LogP contribution is 2.32. The van der Waals surface area contributed by atoms with Crippen LogP contribution in [0.2, 0.25) is 0 Å². The lowest BCUT2D eigenvalue weighted by atomic mass is 10.1. The van der Waals surface area contributed by atoms with E-state index in [1.807, 2.05) is 12.1 Å². The van der Waals surface area contributed by atoms with Gasteiger partial charge in [0.15, 0.2) is 0 Å². The summed E-state index contributed by atoms with van der Waals surface area (Å²) in [5.41, 5.74) is 1.32. The molecule has 1 amide bonds. The molecule has 0 saturated carbocycles. The number of nitrogens with zero attached hydrogens (tertiary/aromatic N) is 2. The Bertz CT molecular complexity index is 804. The van der Waals surface area contributed by atoms with Crippen LogP contribution in [0.25, 0.3) is 0 Å². The second kappa shape index (κ2) is 8.13. The first-order valence-corrected chi connectivity index (χ1v) is 9.08. The van der Waals surface area contributed by atoms with Crippen molar-refractivity contribution in [2.75, 3.05) is 26.2 Å². The third-order valence-corrected chi connectivity index (χ3v) is 4.99. The molecule has 1 fully saturated rings. The standard InChI is InChI=1S/C21H23F3N2O/c1-16-7-2-3-8-17(16)15-25-11-6-12-26(14-13-25)20(27)18-9-4-5-10-19(18)21(22,23)24/h2-5,7-10H,6,11-15H2,1H3. The van der Waals surface area contributed by atoms with Crippen molar-refractivity contribution in [2.45, 2.75) is 26.1 Å². The van der Waals surface area contributed by atoms with Gasteiger partial charge in [-0.15, -0.1) is 0 Å². The molecule has 1 aliphatic rings. The first-order valence-electron chi connectivity index (χ1n) is 9.08. The summed E-state index contributed by atoms with van der Waals surface area (Å²) in [5, 5.41) is 0. The second-order valence-corrected chi connectivity index (χ2v) is 6.89. The molecule has 0 bridgehead atoms. The Balaban J connectivity index is 1.70. The Morgan fingerprint density at radius 2 is 1.67 bits per heavy atom. The molecule has 27 heavy (non-hydrogen) atoms. The topological polar surface area (TPSA) is 23.6 Å². The molecular formula is C21H23F3N2O. The summed E-state index contributed by atoms with van der Waals surface area (Å²) in [6, 6.07) is 13.2. The van der Waals surface area contributed by atoms with Gasteiger partial charge in [-0.2, -0.15) is 13.2 Å². The molecule has 2 aromatic carbocycles. The zero-order chi connectivity index (χ0) is 19.4. The smallest absolute Gasteiger partial charge is 0.337 e. The minimum absolute atomic E-state index is 0.266. The van der Waals surface area contributed by atoms with Crippen molar-refractivity contribution in [2.24, 2.45) is 0 Å². The zero-order valence-corrected chi connectivity index (χ0v) is 15.3. The van der Waals surface area contributed by atoms with Crippen molar-refractivity contribution in [3.05, 3.63) is 70.8 Å². The first-order chi connectivity index (χ1) is 12.9. The van der Waals surface area contributed by atoms with E-state index in [4.69, 9.17) is 0 Å². The summed E-state index contributed by atoms with van der Waals surface area (Å²) in [5.74, 6) is -0.541. The van der Waals surface area contributed by atoms with E-state index < -0.39 is 17.6 Å². The molecule has 0 atom stereocenters. The van der Waals surface area contributed by atoms with Crippen LogP contribution in [0.15, 0.2) is 48.5 Å². The van der Waals surface area contributed by atoms with Gasteiger partial charge in [0.2, 0.25) is 0 Å². The number of carbonyl (C=O) groups is 1. The fraction of sp³-hybridized carbons (Fsp3) is 0.381. The molecule has 2 aromatic rings. The van der Waals surface area contributed by atoms with Crippen LogP contribution in [0.5, 0.6) is 0 Å². The Hall–Kier alpha value is -2.34. The molecule has 0 unspecified atom stereocenters. The lowest BCUT2D eigenvalue weighted by molar-refractivity contribution is -0.138. The lowest BCUT2D eigenvalue weighted by Gasteiger charge is -2.23. The average Bonchev–Trinajstić information content (AvgIpc) is 2.88. The Labute approximate surface area is 157 Å². The first kappa shape index (κ1) is 19.4. The maximum atomic E-state index is 13.2. The van der Waals surface area contributed by atoms with Crippen LogP contribution in [-0.2, 0) is 12.7 Å². The monoisotopic (exact) mass is 376 g/mol. The minimum Gasteiger partial charge on any atom is -0.337 e. The van der Waals surface area contributed by atoms with Gasteiger partial charge in [0, 0.05) is 32.7 Å². The number of amides is 1. The molecule has 3 rings (SSSR count). The van der Waals surface area contributed by atoms with Gasteiger partial charge < -0.3 is 4.90 Å². The molecule has 0 radical (unpaired) electrons. The van der Waals surface area contributed by atoms with Crippen LogP contribution in [0.1, 0.15) is 33.5 Å². The fourth-order valence-corrected chi connectivity index (χ4v) is 3.45. The molecule has 1 saturated heterocycles. The number of hydrogen-bond acceptors (Lipinski definition) is 2. The third kappa shape index (κ3) is 4.69. The summed E-state index contributed by atoms with van der Waals surface area (Å²) in [4.78, 5) is 16.5. The Morgan fingerprint density at radius 1 is 0.963 bits per heavy atom. The number of rotatable bonds is 3. The average molecular weight is 376 g/mol. The fourth-order valence-electron chi connectivity index (χ4n) is 3.45. The van der Waals surface area contributed by atoms with Crippen molar-refractivity contribution in [1.29, 1.82) is 0 Å². The van der Waals surface area contributed by atoms with Crippen molar-refractivity contribution in [3.8, 4) is 0 Å². The van der Waals surface area contributed by atoms with Crippen LogP contribution in [-0.4, -0.2) is 41.9 Å². The molecule has 1 heterocycles. The molecule has 0 aliphatic carbocycles. The van der Waals surface area contributed by atoms with E-state index in [0.717, 1.165) is 25.6 Å². The number of halogens is 3. The van der Waals surface area contributed by atoms with Crippen LogP contribution < -0.4 is 0 Å². The summed E-state index contributed by atoms with van der Waals surface area (Å²) < 4.78 is 39.7. The number of hydrogen-bond donors (Lipinski definition) is 0. The predicted octanol–water partition coefficient (Wildman–Crippen LogP) is 4.36. The van der Waals surface area contributed by atoms with Crippen molar-refractivity contribution >= 4 is 5.91 Å². The van der Waals surface area contributed by atoms with Crippen molar-refractivity contribution in [3.63, 3.8) is 0 Å². The largest absolute Gasteiger partial charge is 0.417 e. The van der Waals surface area contributed by atoms with Gasteiger partial charge in [-0.05, 0) is 36.6 Å². The second-order valence-electron chi connectivity index (χ2n) is 6.89. The summed E-state index contributed by atoms with van der Waals surface area (Å²) in [6.07, 6.45) is -3.79. The molecule has 0 N–H and O–H groups in total. The number of alkyl halides is 3. The van der Waals surface area contributed by atoms with Gasteiger partial charge in [-0.3, -0.25) is 9.69 Å². The van der Waals surface area contributed by atoms with Crippen molar-refractivity contribution < 1.29 is 18.0 Å². The summed E-state index contributed by atoms with van der Waals surface area (Å²) in [7, 11) is 0. The normalized spacial score (nSPS) is 16.2. The van der Waals surface area contributed by atoms with E-state index in [0.29, 0.717) is 19.6 Å². The molecule has 3 nitrogen and oxygen atoms in total. The molecule has 6 heteroatoms. The quantitative estimate of drug-likeness (QED) is 0.795. The van der Waals surface area contributed by atoms with Gasteiger partial charge in [-0.1, -0.05) is 36.4 Å². The molecule has 1 aliphatic heterocycles. The van der Waals surface area contributed by atoms with E-state index in [1.54, 1.807) is 4.90 Å². The molecule has 0 aromatic heterocycles. The van der Waals surface area contributed by atoms with E-state index in [-0.39, 0.29) is 5.56 Å². The minimum atomic E-state index is -4.53. The van der Waals surface area contributed by atoms with Crippen LogP contribution in [0.3, 0.4) is 0 Å². The van der Waals surface area contributed by atoms with Gasteiger partial charge in [0.05, 0.1) is 11.1 Å². The maximum absolute atomic E-state index is 13.2. The maximum Gasteiger partial charge on any atom is 0.417 e. The van der Waals surface area contributed by atoms with Gasteiger partial charge >= 0.3 is 6.18 Å². The van der Waals surface area contributed by atoms with Crippen LogP contribution in [0, 0.1) is 6.92 Å². The molecule has 0 spiro atoms. The number of benzene rings is 2. The van der Waals surface area contributed by atoms with Crippen LogP contribution in [0.4, 0.5) is 13.2 Å². The summed E-state index contributed by atoms with van der Waals surface area (Å²) in [6.45, 7) is 5.21. The van der Waals surface area contributed by atoms with E-state index in [9.17, 15) is 18.0 Å². The Morgan fingerprint density at radius 3 is 2.41 bits per heavy atom. The van der Waals surface area contributed by atoms with E-state index in [2.05, 4.69) is 24.0 Å². The van der Waals surface area contributed by atoms with E-state index in [1.165, 1.54) is 29.3 Å². The highest BCUT2D eigenvalue weighted by atomic mass is 19.4. The van der Waals surface area contributed by atoms with Gasteiger partial charge in [0.25, 0.3) is 5.91 Å². The highest BCUT2D eigenvalue weighted by Gasteiger charge is 2.36. The lowest BCUT2D eigenvalue weighted by Crippen LogP contribution is -2.36. The van der Waals surface area contributed by atoms with Gasteiger partial charge in [-0.25, -0.2) is 0 Å². The highest BCUT2D eigenvalue weighted by molar-refractivity contribution is 5.96. The number of aryl methyl sites for hydroxylation is 1.